The average Bonchev–Trinajstić information content (AvgIpc) is 3.28. The van der Waals surface area contributed by atoms with Crippen molar-refractivity contribution in [1.29, 1.82) is 0 Å². The highest BCUT2D eigenvalue weighted by atomic mass is 35.5. The van der Waals surface area contributed by atoms with Crippen LogP contribution >= 0.6 is 22.9 Å². The molecule has 2 amide bonds. The fourth-order valence-electron chi connectivity index (χ4n) is 4.03. The Bertz CT molecular complexity index is 1440. The van der Waals surface area contributed by atoms with E-state index in [0.29, 0.717) is 48.4 Å². The van der Waals surface area contributed by atoms with Crippen molar-refractivity contribution in [2.75, 3.05) is 31.5 Å². The zero-order chi connectivity index (χ0) is 24.5. The van der Waals surface area contributed by atoms with E-state index in [2.05, 4.69) is 15.3 Å². The summed E-state index contributed by atoms with van der Waals surface area (Å²) in [6.45, 7) is 7.03. The first kappa shape index (κ1) is 23.5. The van der Waals surface area contributed by atoms with E-state index in [1.165, 1.54) is 21.4 Å². The highest BCUT2D eigenvalue weighted by Crippen LogP contribution is 2.25. The summed E-state index contributed by atoms with van der Waals surface area (Å²) in [4.78, 5) is 34.7. The number of nitrogens with one attached hydrogen (secondary N) is 1. The van der Waals surface area contributed by atoms with Crippen LogP contribution in [0, 0.1) is 13.8 Å². The topological polar surface area (TPSA) is 82.8 Å². The predicted molar refractivity (Wildman–Crippen MR) is 139 cm³/mol. The monoisotopic (exact) mass is 508 g/mol. The molecule has 35 heavy (non-hydrogen) atoms. The molecule has 1 fully saturated rings. The van der Waals surface area contributed by atoms with E-state index in [-0.39, 0.29) is 11.6 Å². The highest BCUT2D eigenvalue weighted by Gasteiger charge is 2.22. The van der Waals surface area contributed by atoms with Crippen LogP contribution in [0.25, 0.3) is 15.5 Å². The van der Waals surface area contributed by atoms with Crippen molar-refractivity contribution >= 4 is 39.6 Å². The summed E-state index contributed by atoms with van der Waals surface area (Å²) in [6, 6.07) is 14.9. The first-order valence-electron chi connectivity index (χ1n) is 11.4. The summed E-state index contributed by atoms with van der Waals surface area (Å²) in [5.74, 6) is 0. The molecule has 0 aliphatic carbocycles. The van der Waals surface area contributed by atoms with E-state index in [4.69, 9.17) is 16.6 Å². The van der Waals surface area contributed by atoms with E-state index >= 15 is 0 Å². The van der Waals surface area contributed by atoms with Crippen LogP contribution in [-0.4, -0.2) is 56.6 Å². The minimum atomic E-state index is -0.186. The minimum absolute atomic E-state index is 0.138. The number of nitrogens with zero attached hydrogens (tertiary/aromatic N) is 5. The standard InChI is InChI=1S/C25H25ClN6O2S/c1-16-6-8-18(9-7-16)23-29-32-22(33)14-19(27-25(32)35-23)15-30-10-12-31(13-11-30)24(34)28-21-5-3-4-20(26)17(21)2/h3-9,14H,10-13,15H2,1-2H3,(H,28,34). The summed E-state index contributed by atoms with van der Waals surface area (Å²) >= 11 is 7.57. The molecule has 10 heteroatoms. The Balaban J connectivity index is 1.23. The molecule has 0 atom stereocenters. The molecule has 5 rings (SSSR count). The molecular weight excluding hydrogens is 484 g/mol. The Morgan fingerprint density at radius 2 is 1.83 bits per heavy atom. The summed E-state index contributed by atoms with van der Waals surface area (Å²) in [7, 11) is 0. The average molecular weight is 509 g/mol. The van der Waals surface area contributed by atoms with Gasteiger partial charge in [-0.25, -0.2) is 9.78 Å². The van der Waals surface area contributed by atoms with E-state index in [9.17, 15) is 9.59 Å². The number of aryl methyl sites for hydroxylation is 1. The Hall–Kier alpha value is -3.27. The van der Waals surface area contributed by atoms with Crippen LogP contribution in [0.3, 0.4) is 0 Å². The molecule has 3 heterocycles. The third kappa shape index (κ3) is 5.07. The number of hydrogen-bond acceptors (Lipinski definition) is 6. The molecule has 1 saturated heterocycles. The van der Waals surface area contributed by atoms with Gasteiger partial charge in [-0.15, -0.1) is 0 Å². The molecular formula is C25H25ClN6O2S. The lowest BCUT2D eigenvalue weighted by Crippen LogP contribution is -2.49. The van der Waals surface area contributed by atoms with E-state index in [0.717, 1.165) is 21.8 Å². The van der Waals surface area contributed by atoms with Crippen LogP contribution in [0.2, 0.25) is 5.02 Å². The summed E-state index contributed by atoms with van der Waals surface area (Å²) in [6.07, 6.45) is 0. The van der Waals surface area contributed by atoms with Crippen molar-refractivity contribution in [1.82, 2.24) is 24.4 Å². The Morgan fingerprint density at radius 1 is 1.09 bits per heavy atom. The number of carbonyl (C=O) groups excluding carboxylic acids is 1. The number of halogens is 1. The largest absolute Gasteiger partial charge is 0.322 e. The Kier molecular flexibility index (Phi) is 6.55. The molecule has 2 aromatic heterocycles. The lowest BCUT2D eigenvalue weighted by molar-refractivity contribution is 0.142. The van der Waals surface area contributed by atoms with Crippen molar-refractivity contribution < 1.29 is 4.79 Å². The maximum atomic E-state index is 12.7. The van der Waals surface area contributed by atoms with E-state index in [1.54, 1.807) is 17.0 Å². The van der Waals surface area contributed by atoms with Crippen LogP contribution in [-0.2, 0) is 6.54 Å². The lowest BCUT2D eigenvalue weighted by Gasteiger charge is -2.34. The van der Waals surface area contributed by atoms with Crippen molar-refractivity contribution in [2.45, 2.75) is 20.4 Å². The van der Waals surface area contributed by atoms with Gasteiger partial charge in [0.1, 0.15) is 5.01 Å². The van der Waals surface area contributed by atoms with Gasteiger partial charge < -0.3 is 10.2 Å². The first-order chi connectivity index (χ1) is 16.9. The second-order valence-corrected chi connectivity index (χ2v) is 10.0. The van der Waals surface area contributed by atoms with Gasteiger partial charge in [-0.3, -0.25) is 9.69 Å². The highest BCUT2D eigenvalue weighted by molar-refractivity contribution is 7.19. The lowest BCUT2D eigenvalue weighted by atomic mass is 10.2. The summed E-state index contributed by atoms with van der Waals surface area (Å²) in [5, 5.41) is 8.81. The van der Waals surface area contributed by atoms with Gasteiger partial charge in [0.25, 0.3) is 5.56 Å². The fourth-order valence-corrected chi connectivity index (χ4v) is 5.13. The van der Waals surface area contributed by atoms with Gasteiger partial charge in [0, 0.05) is 55.1 Å². The van der Waals surface area contributed by atoms with Crippen LogP contribution in [0.1, 0.15) is 16.8 Å². The molecule has 1 aliphatic rings. The fraction of sp³-hybridized carbons (Fsp3) is 0.280. The second kappa shape index (κ2) is 9.77. The number of hydrogen-bond donors (Lipinski definition) is 1. The van der Waals surface area contributed by atoms with Crippen molar-refractivity contribution in [3.05, 3.63) is 80.7 Å². The molecule has 0 spiro atoms. The molecule has 2 aromatic carbocycles. The van der Waals surface area contributed by atoms with Crippen LogP contribution in [0.4, 0.5) is 10.5 Å². The number of amides is 2. The summed E-state index contributed by atoms with van der Waals surface area (Å²) in [5.41, 5.74) is 4.23. The van der Waals surface area contributed by atoms with E-state index < -0.39 is 0 Å². The van der Waals surface area contributed by atoms with Crippen molar-refractivity contribution in [3.63, 3.8) is 0 Å². The molecule has 1 aliphatic heterocycles. The third-order valence-electron chi connectivity index (χ3n) is 6.15. The van der Waals surface area contributed by atoms with Gasteiger partial charge >= 0.3 is 6.03 Å². The van der Waals surface area contributed by atoms with Gasteiger partial charge in [0.2, 0.25) is 4.96 Å². The number of aromatic nitrogens is 3. The maximum absolute atomic E-state index is 12.7. The molecule has 0 saturated carbocycles. The number of rotatable bonds is 4. The number of fused-ring (bicyclic) bond motifs is 1. The van der Waals surface area contributed by atoms with Gasteiger partial charge in [-0.2, -0.15) is 9.61 Å². The number of anilines is 1. The molecule has 0 bridgehead atoms. The van der Waals surface area contributed by atoms with E-state index in [1.807, 2.05) is 50.2 Å². The Labute approximate surface area is 211 Å². The van der Waals surface area contributed by atoms with Crippen LogP contribution in [0.5, 0.6) is 0 Å². The molecule has 0 radical (unpaired) electrons. The zero-order valence-corrected chi connectivity index (χ0v) is 21.1. The maximum Gasteiger partial charge on any atom is 0.321 e. The SMILES string of the molecule is Cc1ccc(-c2nn3c(=O)cc(CN4CCN(C(=O)Nc5cccc(Cl)c5C)CC4)nc3s2)cc1. The van der Waals surface area contributed by atoms with Crippen molar-refractivity contribution in [3.8, 4) is 10.6 Å². The molecule has 8 nitrogen and oxygen atoms in total. The third-order valence-corrected chi connectivity index (χ3v) is 7.52. The quantitative estimate of drug-likeness (QED) is 0.440. The number of benzene rings is 2. The number of carbonyl (C=O) groups is 1. The van der Waals surface area contributed by atoms with Crippen molar-refractivity contribution in [2.24, 2.45) is 0 Å². The molecule has 4 aromatic rings. The van der Waals surface area contributed by atoms with Crippen LogP contribution < -0.4 is 10.9 Å². The minimum Gasteiger partial charge on any atom is -0.322 e. The molecule has 180 valence electrons. The number of piperazine rings is 1. The smallest absolute Gasteiger partial charge is 0.321 e. The normalized spacial score (nSPS) is 14.4. The zero-order valence-electron chi connectivity index (χ0n) is 19.5. The Morgan fingerprint density at radius 3 is 2.57 bits per heavy atom. The van der Waals surface area contributed by atoms with Gasteiger partial charge in [-0.1, -0.05) is 58.8 Å². The second-order valence-electron chi connectivity index (χ2n) is 8.66. The predicted octanol–water partition coefficient (Wildman–Crippen LogP) is 4.44. The first-order valence-corrected chi connectivity index (χ1v) is 12.6. The molecule has 1 N–H and O–H groups in total. The number of urea groups is 1. The van der Waals surface area contributed by atoms with Gasteiger partial charge in [0.15, 0.2) is 0 Å². The van der Waals surface area contributed by atoms with Crippen LogP contribution in [0.15, 0.2) is 53.3 Å². The summed E-state index contributed by atoms with van der Waals surface area (Å²) < 4.78 is 1.36. The van der Waals surface area contributed by atoms with Gasteiger partial charge in [-0.05, 0) is 31.5 Å². The van der Waals surface area contributed by atoms with Gasteiger partial charge in [0.05, 0.1) is 5.69 Å². The molecule has 0 unspecified atom stereocenters.